The Balaban J connectivity index is 1.86. The topological polar surface area (TPSA) is 53.1 Å². The Morgan fingerprint density at radius 2 is 1.77 bits per heavy atom. The van der Waals surface area contributed by atoms with Crippen LogP contribution in [0.15, 0.2) is 24.3 Å². The lowest BCUT2D eigenvalue weighted by Gasteiger charge is -2.29. The fraction of sp³-hybridized carbons (Fsp3) is 0.600. The van der Waals surface area contributed by atoms with Crippen LogP contribution >= 0.6 is 0 Å². The summed E-state index contributed by atoms with van der Waals surface area (Å²) in [6, 6.07) is 8.27. The molecule has 1 aliphatic rings. The maximum atomic E-state index is 12.7. The molecule has 1 aromatic carbocycles. The first-order valence-electron chi connectivity index (χ1n) is 9.37. The van der Waals surface area contributed by atoms with Crippen LogP contribution in [0.25, 0.3) is 0 Å². The molecule has 26 heavy (non-hydrogen) atoms. The van der Waals surface area contributed by atoms with E-state index in [1.165, 1.54) is 5.56 Å². The summed E-state index contributed by atoms with van der Waals surface area (Å²) in [5.41, 5.74) is 2.34. The average molecular weight is 361 g/mol. The van der Waals surface area contributed by atoms with Crippen molar-refractivity contribution < 1.29 is 14.3 Å². The number of hydrogen-bond donors (Lipinski definition) is 0. The van der Waals surface area contributed by atoms with Gasteiger partial charge in [-0.15, -0.1) is 0 Å². The first-order valence-corrected chi connectivity index (χ1v) is 9.37. The van der Waals surface area contributed by atoms with Crippen molar-refractivity contribution in [3.05, 3.63) is 35.4 Å². The van der Waals surface area contributed by atoms with Gasteiger partial charge < -0.3 is 14.5 Å². The number of rotatable bonds is 8. The maximum absolute atomic E-state index is 12.7. The first-order chi connectivity index (χ1) is 12.5. The summed E-state index contributed by atoms with van der Waals surface area (Å²) in [5, 5.41) is 0. The van der Waals surface area contributed by atoms with E-state index in [-0.39, 0.29) is 24.9 Å². The third kappa shape index (κ3) is 6.42. The molecule has 0 aliphatic carbocycles. The van der Waals surface area contributed by atoms with E-state index in [2.05, 4.69) is 38.1 Å². The van der Waals surface area contributed by atoms with Crippen molar-refractivity contribution in [3.8, 4) is 0 Å². The lowest BCUT2D eigenvalue weighted by molar-refractivity contribution is -0.138. The fourth-order valence-corrected chi connectivity index (χ4v) is 3.01. The second-order valence-corrected chi connectivity index (χ2v) is 6.97. The minimum atomic E-state index is 0.0594. The Kier molecular flexibility index (Phi) is 8.06. The lowest BCUT2D eigenvalue weighted by Crippen LogP contribution is -2.47. The number of hydrogen-bond acceptors (Lipinski definition) is 4. The molecule has 0 atom stereocenters. The number of aryl methyl sites for hydroxylation is 1. The van der Waals surface area contributed by atoms with Gasteiger partial charge in [-0.25, -0.2) is 0 Å². The minimum absolute atomic E-state index is 0.0594. The van der Waals surface area contributed by atoms with Crippen molar-refractivity contribution in [1.82, 2.24) is 14.7 Å². The van der Waals surface area contributed by atoms with E-state index in [1.54, 1.807) is 9.80 Å². The second-order valence-electron chi connectivity index (χ2n) is 6.97. The fourth-order valence-electron chi connectivity index (χ4n) is 3.01. The Morgan fingerprint density at radius 3 is 2.38 bits per heavy atom. The van der Waals surface area contributed by atoms with E-state index in [1.807, 2.05) is 11.9 Å². The Morgan fingerprint density at radius 1 is 1.12 bits per heavy atom. The minimum Gasteiger partial charge on any atom is -0.378 e. The van der Waals surface area contributed by atoms with Crippen molar-refractivity contribution in [1.29, 1.82) is 0 Å². The Hall–Kier alpha value is -1.92. The molecule has 1 fully saturated rings. The quantitative estimate of drug-likeness (QED) is 0.705. The van der Waals surface area contributed by atoms with Gasteiger partial charge in [-0.3, -0.25) is 14.5 Å². The SMILES string of the molecule is CCCN(Cc1ccc(C)cc1)C(=O)CN(C)CC(=O)N1CCOCC1. The van der Waals surface area contributed by atoms with Crippen LogP contribution in [-0.4, -0.2) is 79.5 Å². The van der Waals surface area contributed by atoms with Gasteiger partial charge in [0.05, 0.1) is 26.3 Å². The zero-order chi connectivity index (χ0) is 18.9. The number of morpholine rings is 1. The van der Waals surface area contributed by atoms with Crippen LogP contribution in [0.1, 0.15) is 24.5 Å². The smallest absolute Gasteiger partial charge is 0.237 e. The molecule has 0 radical (unpaired) electrons. The third-order valence-electron chi connectivity index (χ3n) is 4.51. The molecule has 144 valence electrons. The number of carbonyl (C=O) groups excluding carboxylic acids is 2. The molecule has 2 rings (SSSR count). The second kappa shape index (κ2) is 10.3. The highest BCUT2D eigenvalue weighted by Gasteiger charge is 2.21. The maximum Gasteiger partial charge on any atom is 0.237 e. The summed E-state index contributed by atoms with van der Waals surface area (Å²) >= 11 is 0. The zero-order valence-electron chi connectivity index (χ0n) is 16.2. The van der Waals surface area contributed by atoms with Crippen LogP contribution in [0.3, 0.4) is 0 Å². The van der Waals surface area contributed by atoms with Gasteiger partial charge in [0.1, 0.15) is 0 Å². The highest BCUT2D eigenvalue weighted by Crippen LogP contribution is 2.08. The van der Waals surface area contributed by atoms with E-state index in [4.69, 9.17) is 4.74 Å². The Bertz CT molecular complexity index is 582. The number of likely N-dealkylation sites (N-methyl/N-ethyl adjacent to an activating group) is 1. The zero-order valence-corrected chi connectivity index (χ0v) is 16.2. The van der Waals surface area contributed by atoms with E-state index in [9.17, 15) is 9.59 Å². The lowest BCUT2D eigenvalue weighted by atomic mass is 10.1. The van der Waals surface area contributed by atoms with Crippen LogP contribution in [0.2, 0.25) is 0 Å². The van der Waals surface area contributed by atoms with Crippen LogP contribution < -0.4 is 0 Å². The van der Waals surface area contributed by atoms with Crippen LogP contribution in [0, 0.1) is 6.92 Å². The van der Waals surface area contributed by atoms with Gasteiger partial charge in [0, 0.05) is 26.2 Å². The van der Waals surface area contributed by atoms with Gasteiger partial charge in [0.15, 0.2) is 0 Å². The molecule has 0 spiro atoms. The highest BCUT2D eigenvalue weighted by molar-refractivity contribution is 5.81. The van der Waals surface area contributed by atoms with Crippen molar-refractivity contribution >= 4 is 11.8 Å². The van der Waals surface area contributed by atoms with Crippen LogP contribution in [0.5, 0.6) is 0 Å². The average Bonchev–Trinajstić information content (AvgIpc) is 2.63. The molecule has 0 unspecified atom stereocenters. The predicted molar refractivity (Wildman–Crippen MR) is 102 cm³/mol. The molecular formula is C20H31N3O3. The highest BCUT2D eigenvalue weighted by atomic mass is 16.5. The number of benzene rings is 1. The molecule has 0 N–H and O–H groups in total. The van der Waals surface area contributed by atoms with Crippen molar-refractivity contribution in [2.75, 3.05) is 53.0 Å². The molecule has 1 aliphatic heterocycles. The summed E-state index contributed by atoms with van der Waals surface area (Å²) in [5.74, 6) is 0.119. The van der Waals surface area contributed by atoms with Gasteiger partial charge in [0.2, 0.25) is 11.8 Å². The van der Waals surface area contributed by atoms with Crippen LogP contribution in [0.4, 0.5) is 0 Å². The van der Waals surface area contributed by atoms with Gasteiger partial charge in [-0.2, -0.15) is 0 Å². The van der Waals surface area contributed by atoms with E-state index >= 15 is 0 Å². The van der Waals surface area contributed by atoms with Crippen molar-refractivity contribution in [3.63, 3.8) is 0 Å². The van der Waals surface area contributed by atoms with E-state index in [0.29, 0.717) is 32.8 Å². The summed E-state index contributed by atoms with van der Waals surface area (Å²) in [7, 11) is 1.83. The summed E-state index contributed by atoms with van der Waals surface area (Å²) in [6.45, 7) is 8.42. The molecule has 1 saturated heterocycles. The van der Waals surface area contributed by atoms with Gasteiger partial charge in [0.25, 0.3) is 0 Å². The van der Waals surface area contributed by atoms with Crippen LogP contribution in [-0.2, 0) is 20.9 Å². The summed E-state index contributed by atoms with van der Waals surface area (Å²) in [4.78, 5) is 30.5. The molecule has 0 bridgehead atoms. The largest absolute Gasteiger partial charge is 0.378 e. The monoisotopic (exact) mass is 361 g/mol. The van der Waals surface area contributed by atoms with Gasteiger partial charge in [-0.05, 0) is 26.0 Å². The number of ether oxygens (including phenoxy) is 1. The number of carbonyl (C=O) groups is 2. The molecule has 1 aromatic rings. The molecular weight excluding hydrogens is 330 g/mol. The molecule has 2 amide bonds. The molecule has 6 nitrogen and oxygen atoms in total. The van der Waals surface area contributed by atoms with Gasteiger partial charge in [-0.1, -0.05) is 36.8 Å². The van der Waals surface area contributed by atoms with E-state index in [0.717, 1.165) is 18.5 Å². The van der Waals surface area contributed by atoms with Gasteiger partial charge >= 0.3 is 0 Å². The summed E-state index contributed by atoms with van der Waals surface area (Å²) in [6.07, 6.45) is 0.911. The molecule has 0 aromatic heterocycles. The molecule has 1 heterocycles. The summed E-state index contributed by atoms with van der Waals surface area (Å²) < 4.78 is 5.27. The molecule has 6 heteroatoms. The van der Waals surface area contributed by atoms with E-state index < -0.39 is 0 Å². The van der Waals surface area contributed by atoms with Crippen molar-refractivity contribution in [2.24, 2.45) is 0 Å². The van der Waals surface area contributed by atoms with Crippen molar-refractivity contribution in [2.45, 2.75) is 26.8 Å². The first kappa shape index (κ1) is 20.4. The Labute approximate surface area is 156 Å². The standard InChI is InChI=1S/C20H31N3O3/c1-4-9-23(14-18-7-5-17(2)6-8-18)20(25)16-21(3)15-19(24)22-10-12-26-13-11-22/h5-8H,4,9-16H2,1-3H3. The number of nitrogens with zero attached hydrogens (tertiary/aromatic N) is 3. The normalized spacial score (nSPS) is 14.5. The predicted octanol–water partition coefficient (Wildman–Crippen LogP) is 1.52. The number of amides is 2. The third-order valence-corrected chi connectivity index (χ3v) is 4.51. The molecule has 0 saturated carbocycles.